The summed E-state index contributed by atoms with van der Waals surface area (Å²) in [6.07, 6.45) is 6.85. The number of hydrogen-bond acceptors (Lipinski definition) is 5. The quantitative estimate of drug-likeness (QED) is 0.767. The van der Waals surface area contributed by atoms with E-state index in [1.54, 1.807) is 6.20 Å². The molecule has 2 saturated heterocycles. The van der Waals surface area contributed by atoms with E-state index in [1.807, 2.05) is 19.1 Å². The van der Waals surface area contributed by atoms with Crippen molar-refractivity contribution in [2.75, 3.05) is 44.2 Å². The topological polar surface area (TPSA) is 45.7 Å². The number of rotatable bonds is 5. The van der Waals surface area contributed by atoms with Crippen molar-refractivity contribution in [1.29, 1.82) is 0 Å². The lowest BCUT2D eigenvalue weighted by Gasteiger charge is -2.38. The fourth-order valence-corrected chi connectivity index (χ4v) is 3.94. The molecule has 0 spiro atoms. The predicted octanol–water partition coefficient (Wildman–Crippen LogP) is 3.21. The zero-order valence-electron chi connectivity index (χ0n) is 15.6. The Balaban J connectivity index is 1.55. The summed E-state index contributed by atoms with van der Waals surface area (Å²) in [5.41, 5.74) is 0.529. The van der Waals surface area contributed by atoms with Gasteiger partial charge in [-0.3, -0.25) is 0 Å². The van der Waals surface area contributed by atoms with E-state index in [-0.39, 0.29) is 5.97 Å². The molecule has 3 rings (SSSR count). The number of anilines is 1. The van der Waals surface area contributed by atoms with Crippen molar-refractivity contribution in [3.8, 4) is 0 Å². The van der Waals surface area contributed by atoms with Crippen LogP contribution in [-0.2, 0) is 4.74 Å². The molecule has 0 N–H and O–H groups in total. The molecule has 1 unspecified atom stereocenters. The van der Waals surface area contributed by atoms with Crippen LogP contribution in [0.4, 0.5) is 5.82 Å². The SMILES string of the molecule is CCOC(=O)c1ccc(N2CCCC(CN3CCC(C)CC3)C2)nc1. The number of carbonyl (C=O) groups excluding carboxylic acids is 1. The number of piperidine rings is 2. The summed E-state index contributed by atoms with van der Waals surface area (Å²) in [7, 11) is 0. The van der Waals surface area contributed by atoms with Crippen LogP contribution >= 0.6 is 0 Å². The molecule has 1 aromatic heterocycles. The molecule has 0 aromatic carbocycles. The number of likely N-dealkylation sites (tertiary alicyclic amines) is 1. The van der Waals surface area contributed by atoms with Crippen LogP contribution < -0.4 is 4.90 Å². The predicted molar refractivity (Wildman–Crippen MR) is 100.0 cm³/mol. The lowest BCUT2D eigenvalue weighted by Crippen LogP contribution is -2.43. The van der Waals surface area contributed by atoms with E-state index in [0.29, 0.717) is 18.1 Å². The first-order chi connectivity index (χ1) is 12.2. The van der Waals surface area contributed by atoms with Gasteiger partial charge in [-0.2, -0.15) is 0 Å². The van der Waals surface area contributed by atoms with Crippen molar-refractivity contribution >= 4 is 11.8 Å². The van der Waals surface area contributed by atoms with Gasteiger partial charge in [-0.25, -0.2) is 9.78 Å². The maximum Gasteiger partial charge on any atom is 0.339 e. The van der Waals surface area contributed by atoms with Gasteiger partial charge in [0.15, 0.2) is 0 Å². The van der Waals surface area contributed by atoms with Gasteiger partial charge in [0.1, 0.15) is 5.82 Å². The zero-order chi connectivity index (χ0) is 17.6. The van der Waals surface area contributed by atoms with Crippen LogP contribution in [0.1, 0.15) is 49.9 Å². The molecule has 1 atom stereocenters. The second kappa shape index (κ2) is 8.65. The van der Waals surface area contributed by atoms with Gasteiger partial charge in [0.25, 0.3) is 0 Å². The number of aromatic nitrogens is 1. The fraction of sp³-hybridized carbons (Fsp3) is 0.700. The largest absolute Gasteiger partial charge is 0.462 e. The Bertz CT molecular complexity index is 553. The molecule has 0 saturated carbocycles. The molecular formula is C20H31N3O2. The average Bonchev–Trinajstić information content (AvgIpc) is 2.64. The van der Waals surface area contributed by atoms with E-state index in [2.05, 4.69) is 21.7 Å². The third-order valence-corrected chi connectivity index (χ3v) is 5.49. The molecule has 2 aliphatic rings. The van der Waals surface area contributed by atoms with Crippen LogP contribution in [-0.4, -0.2) is 55.2 Å². The number of nitrogens with zero attached hydrogens (tertiary/aromatic N) is 3. The maximum absolute atomic E-state index is 11.7. The number of hydrogen-bond donors (Lipinski definition) is 0. The van der Waals surface area contributed by atoms with Crippen molar-refractivity contribution in [3.05, 3.63) is 23.9 Å². The van der Waals surface area contributed by atoms with Crippen molar-refractivity contribution in [1.82, 2.24) is 9.88 Å². The summed E-state index contributed by atoms with van der Waals surface area (Å²) in [6.45, 7) is 10.4. The Morgan fingerprint density at radius 3 is 2.72 bits per heavy atom. The third kappa shape index (κ3) is 4.94. The Kier molecular flexibility index (Phi) is 6.29. The minimum absolute atomic E-state index is 0.294. The Labute approximate surface area is 151 Å². The maximum atomic E-state index is 11.7. The van der Waals surface area contributed by atoms with E-state index in [4.69, 9.17) is 4.74 Å². The Morgan fingerprint density at radius 2 is 2.04 bits per heavy atom. The summed E-state index contributed by atoms with van der Waals surface area (Å²) in [6, 6.07) is 3.78. The van der Waals surface area contributed by atoms with Crippen LogP contribution in [0.25, 0.3) is 0 Å². The van der Waals surface area contributed by atoms with Gasteiger partial charge in [0, 0.05) is 25.8 Å². The zero-order valence-corrected chi connectivity index (χ0v) is 15.6. The van der Waals surface area contributed by atoms with Crippen molar-refractivity contribution in [3.63, 3.8) is 0 Å². The third-order valence-electron chi connectivity index (χ3n) is 5.49. The van der Waals surface area contributed by atoms with E-state index in [9.17, 15) is 4.79 Å². The van der Waals surface area contributed by atoms with Crippen LogP contribution in [0.2, 0.25) is 0 Å². The fourth-order valence-electron chi connectivity index (χ4n) is 3.94. The average molecular weight is 345 g/mol. The molecule has 1 aromatic rings. The number of pyridine rings is 1. The Hall–Kier alpha value is -1.62. The summed E-state index contributed by atoms with van der Waals surface area (Å²) >= 11 is 0. The van der Waals surface area contributed by atoms with E-state index in [0.717, 1.165) is 24.8 Å². The van der Waals surface area contributed by atoms with Crippen LogP contribution in [0.3, 0.4) is 0 Å². The normalized spacial score (nSPS) is 22.8. The Morgan fingerprint density at radius 1 is 1.24 bits per heavy atom. The molecule has 138 valence electrons. The summed E-state index contributed by atoms with van der Waals surface area (Å²) in [5.74, 6) is 2.29. The minimum atomic E-state index is -0.294. The molecule has 0 radical (unpaired) electrons. The lowest BCUT2D eigenvalue weighted by atomic mass is 9.94. The molecule has 25 heavy (non-hydrogen) atoms. The van der Waals surface area contributed by atoms with Crippen molar-refractivity contribution in [2.45, 2.75) is 39.5 Å². The van der Waals surface area contributed by atoms with Crippen molar-refractivity contribution < 1.29 is 9.53 Å². The minimum Gasteiger partial charge on any atom is -0.462 e. The van der Waals surface area contributed by atoms with Crippen LogP contribution in [0.15, 0.2) is 18.3 Å². The molecular weight excluding hydrogens is 314 g/mol. The molecule has 0 aliphatic carbocycles. The van der Waals surface area contributed by atoms with Gasteiger partial charge >= 0.3 is 5.97 Å². The summed E-state index contributed by atoms with van der Waals surface area (Å²) < 4.78 is 5.02. The van der Waals surface area contributed by atoms with Gasteiger partial charge in [0.05, 0.1) is 12.2 Å². The summed E-state index contributed by atoms with van der Waals surface area (Å²) in [4.78, 5) is 21.3. The number of esters is 1. The van der Waals surface area contributed by atoms with Crippen LogP contribution in [0, 0.1) is 11.8 Å². The second-order valence-corrected chi connectivity index (χ2v) is 7.56. The van der Waals surface area contributed by atoms with Gasteiger partial charge < -0.3 is 14.5 Å². The first-order valence-electron chi connectivity index (χ1n) is 9.76. The molecule has 5 nitrogen and oxygen atoms in total. The molecule has 0 bridgehead atoms. The highest BCUT2D eigenvalue weighted by Gasteiger charge is 2.25. The molecule has 2 aliphatic heterocycles. The molecule has 5 heteroatoms. The second-order valence-electron chi connectivity index (χ2n) is 7.56. The van der Waals surface area contributed by atoms with E-state index in [1.165, 1.54) is 45.3 Å². The van der Waals surface area contributed by atoms with Gasteiger partial charge in [-0.1, -0.05) is 6.92 Å². The lowest BCUT2D eigenvalue weighted by molar-refractivity contribution is 0.0526. The smallest absolute Gasteiger partial charge is 0.339 e. The molecule has 3 heterocycles. The van der Waals surface area contributed by atoms with E-state index >= 15 is 0 Å². The van der Waals surface area contributed by atoms with Crippen LogP contribution in [0.5, 0.6) is 0 Å². The number of ether oxygens (including phenoxy) is 1. The highest BCUT2D eigenvalue weighted by Crippen LogP contribution is 2.24. The first-order valence-corrected chi connectivity index (χ1v) is 9.76. The monoisotopic (exact) mass is 345 g/mol. The van der Waals surface area contributed by atoms with Gasteiger partial charge in [-0.05, 0) is 69.7 Å². The van der Waals surface area contributed by atoms with E-state index < -0.39 is 0 Å². The molecule has 0 amide bonds. The van der Waals surface area contributed by atoms with Gasteiger partial charge in [-0.15, -0.1) is 0 Å². The highest BCUT2D eigenvalue weighted by atomic mass is 16.5. The first kappa shape index (κ1) is 18.2. The summed E-state index contributed by atoms with van der Waals surface area (Å²) in [5, 5.41) is 0. The van der Waals surface area contributed by atoms with Crippen molar-refractivity contribution in [2.24, 2.45) is 11.8 Å². The van der Waals surface area contributed by atoms with Gasteiger partial charge in [0.2, 0.25) is 0 Å². The standard InChI is InChI=1S/C20H31N3O2/c1-3-25-20(24)18-6-7-19(21-13-18)23-10-4-5-17(15-23)14-22-11-8-16(2)9-12-22/h6-7,13,16-17H,3-5,8-12,14-15H2,1-2H3. The highest BCUT2D eigenvalue weighted by molar-refractivity contribution is 5.89. The number of carbonyl (C=O) groups is 1. The molecule has 2 fully saturated rings.